The van der Waals surface area contributed by atoms with E-state index in [0.717, 1.165) is 5.92 Å². The second-order valence-electron chi connectivity index (χ2n) is 4.15. The van der Waals surface area contributed by atoms with Crippen LogP contribution in [0.25, 0.3) is 0 Å². The van der Waals surface area contributed by atoms with Crippen molar-refractivity contribution in [3.05, 3.63) is 24.3 Å². The third kappa shape index (κ3) is 6.20. The molecule has 18 heavy (non-hydrogen) atoms. The van der Waals surface area contributed by atoms with Crippen LogP contribution in [0, 0.1) is 46.3 Å². The zero-order valence-electron chi connectivity index (χ0n) is 10.4. The topological polar surface area (TPSA) is 47.6 Å². The van der Waals surface area contributed by atoms with Crippen molar-refractivity contribution in [3.63, 3.8) is 0 Å². The maximum atomic E-state index is 8.77. The van der Waals surface area contributed by atoms with E-state index in [4.69, 9.17) is 10.5 Å². The van der Waals surface area contributed by atoms with E-state index in [1.54, 1.807) is 6.08 Å². The zero-order valence-corrected chi connectivity index (χ0v) is 16.8. The molecule has 0 spiro atoms. The van der Waals surface area contributed by atoms with E-state index in [-0.39, 0.29) is 0 Å². The maximum absolute atomic E-state index is 8.77. The molecular formula is C13H16I3N2-. The summed E-state index contributed by atoms with van der Waals surface area (Å²) in [6, 6.07) is 4.23. The molecule has 2 nitrogen and oxygen atoms in total. The van der Waals surface area contributed by atoms with Gasteiger partial charge in [0, 0.05) is 6.08 Å². The van der Waals surface area contributed by atoms with Gasteiger partial charge >= 0.3 is 50.5 Å². The fourth-order valence-corrected chi connectivity index (χ4v) is 2.36. The van der Waals surface area contributed by atoms with Gasteiger partial charge < -0.3 is 0 Å². The van der Waals surface area contributed by atoms with E-state index in [1.165, 1.54) is 12.5 Å². The minimum atomic E-state index is 0.315. The predicted octanol–water partition coefficient (Wildman–Crippen LogP) is 1.83. The Morgan fingerprint density at radius 3 is 2.06 bits per heavy atom. The van der Waals surface area contributed by atoms with Crippen LogP contribution in [0.5, 0.6) is 0 Å². The molecule has 0 aliphatic heterocycles. The van der Waals surface area contributed by atoms with Crippen molar-refractivity contribution in [3.8, 4) is 12.1 Å². The molecule has 4 atom stereocenters. The first-order valence-corrected chi connectivity index (χ1v) is 18.2. The van der Waals surface area contributed by atoms with Gasteiger partial charge in [0.25, 0.3) is 0 Å². The van der Waals surface area contributed by atoms with Gasteiger partial charge in [0.2, 0.25) is 0 Å². The van der Waals surface area contributed by atoms with Crippen LogP contribution >= 0.6 is 37.2 Å². The molecule has 0 saturated heterocycles. The van der Waals surface area contributed by atoms with Crippen LogP contribution in [0.4, 0.5) is 0 Å². The monoisotopic (exact) mass is 581 g/mol. The van der Waals surface area contributed by atoms with Crippen LogP contribution in [0.2, 0.25) is 0 Å². The number of rotatable bonds is 0. The van der Waals surface area contributed by atoms with E-state index in [9.17, 15) is 0 Å². The molecule has 0 aromatic carbocycles. The van der Waals surface area contributed by atoms with E-state index in [0.29, 0.717) is 31.0 Å². The summed E-state index contributed by atoms with van der Waals surface area (Å²) in [5.41, 5.74) is 0. The molecule has 2 aliphatic rings. The van der Waals surface area contributed by atoms with Gasteiger partial charge in [0.05, 0.1) is 18.1 Å². The zero-order chi connectivity index (χ0) is 14.0. The number of halogens is 3. The van der Waals surface area contributed by atoms with Crippen molar-refractivity contribution in [2.45, 2.75) is 20.3 Å². The quantitative estimate of drug-likeness (QED) is 0.249. The molecule has 0 amide bonds. The normalized spacial score (nSPS) is 31.0. The van der Waals surface area contributed by atoms with Crippen molar-refractivity contribution in [2.75, 3.05) is 0 Å². The molecule has 0 N–H and O–H groups in total. The van der Waals surface area contributed by atoms with Crippen LogP contribution in [-0.4, -0.2) is 0 Å². The fraction of sp³-hybridized carbons (Fsp3) is 0.538. The van der Waals surface area contributed by atoms with Crippen molar-refractivity contribution >= 4 is 37.2 Å². The third-order valence-electron chi connectivity index (χ3n) is 3.24. The summed E-state index contributed by atoms with van der Waals surface area (Å²) in [6.07, 6.45) is 8.86. The Hall–Kier alpha value is 0.650. The first kappa shape index (κ1) is 18.7. The van der Waals surface area contributed by atoms with Crippen molar-refractivity contribution < 1.29 is 13.3 Å². The summed E-state index contributed by atoms with van der Waals surface area (Å²) in [5, 5.41) is 16.5. The summed E-state index contributed by atoms with van der Waals surface area (Å²) >= 11 is 5.30. The fourth-order valence-electron chi connectivity index (χ4n) is 2.36. The SMILES string of the molecule is C/C=C/C#N.CC1C2C=CC(C2)C1C#N.I[I-]I. The standard InChI is InChI=1S/C9H11N.C4H5N.I3/c1-6-7-2-3-8(4-7)9(6)5-10;1-2-3-4-5;1-3-2/h2-3,6-9H,4H2,1H3;2-3H,1H3;/q;;-1/b;3-2+;. The molecule has 0 aromatic heterocycles. The van der Waals surface area contributed by atoms with Crippen LogP contribution < -0.4 is 13.3 Å². The van der Waals surface area contributed by atoms with Crippen LogP contribution in [0.15, 0.2) is 24.3 Å². The number of nitriles is 2. The molecule has 2 aliphatic carbocycles. The number of nitrogens with zero attached hydrogens (tertiary/aromatic N) is 2. The van der Waals surface area contributed by atoms with Gasteiger partial charge in [-0.05, 0) is 31.1 Å². The molecule has 4 unspecified atom stereocenters. The molecule has 1 saturated carbocycles. The summed E-state index contributed by atoms with van der Waals surface area (Å²) in [6.45, 7) is 4.01. The van der Waals surface area contributed by atoms with Crippen molar-refractivity contribution in [2.24, 2.45) is 23.7 Å². The molecule has 0 radical (unpaired) electrons. The Balaban J connectivity index is 0.000000309. The number of fused-ring (bicyclic) bond motifs is 2. The first-order chi connectivity index (χ1) is 8.65. The molecule has 2 rings (SSSR count). The second kappa shape index (κ2) is 11.5. The minimum absolute atomic E-state index is 0.315. The predicted molar refractivity (Wildman–Crippen MR) is 87.5 cm³/mol. The Kier molecular flexibility index (Phi) is 11.9. The number of allylic oxidation sites excluding steroid dienone is 4. The van der Waals surface area contributed by atoms with Gasteiger partial charge in [-0.25, -0.2) is 0 Å². The molecular weight excluding hydrogens is 565 g/mol. The summed E-state index contributed by atoms with van der Waals surface area (Å²) in [7, 11) is 0. The Morgan fingerprint density at radius 2 is 1.83 bits per heavy atom. The molecule has 0 aromatic rings. The van der Waals surface area contributed by atoms with Crippen LogP contribution in [0.1, 0.15) is 20.3 Å². The van der Waals surface area contributed by atoms with E-state index in [1.807, 2.05) is 13.0 Å². The Labute approximate surface area is 140 Å². The van der Waals surface area contributed by atoms with Crippen LogP contribution in [0.3, 0.4) is 0 Å². The summed E-state index contributed by atoms with van der Waals surface area (Å²) < 4.78 is 0. The third-order valence-corrected chi connectivity index (χ3v) is 3.24. The van der Waals surface area contributed by atoms with E-state index < -0.39 is 0 Å². The Morgan fingerprint density at radius 1 is 1.28 bits per heavy atom. The van der Waals surface area contributed by atoms with Crippen molar-refractivity contribution in [1.29, 1.82) is 10.5 Å². The van der Waals surface area contributed by atoms with Gasteiger partial charge in [0.1, 0.15) is 0 Å². The average molecular weight is 581 g/mol. The molecule has 5 heteroatoms. The molecule has 0 heterocycles. The van der Waals surface area contributed by atoms with Crippen LogP contribution in [-0.2, 0) is 0 Å². The average Bonchev–Trinajstić information content (AvgIpc) is 2.92. The first-order valence-electron chi connectivity index (χ1n) is 5.61. The molecule has 1 fully saturated rings. The second-order valence-corrected chi connectivity index (χ2v) is 20.4. The van der Waals surface area contributed by atoms with Crippen molar-refractivity contribution in [1.82, 2.24) is 0 Å². The summed E-state index contributed by atoms with van der Waals surface area (Å²) in [5.74, 6) is 2.23. The Bertz CT molecular complexity index is 365. The molecule has 100 valence electrons. The van der Waals surface area contributed by atoms with Gasteiger partial charge in [-0.15, -0.1) is 0 Å². The van der Waals surface area contributed by atoms with Gasteiger partial charge in [-0.1, -0.05) is 25.2 Å². The number of hydrogen-bond acceptors (Lipinski definition) is 2. The molecule has 2 bridgehead atoms. The van der Waals surface area contributed by atoms with E-state index >= 15 is 0 Å². The van der Waals surface area contributed by atoms with Gasteiger partial charge in [0.15, 0.2) is 0 Å². The summed E-state index contributed by atoms with van der Waals surface area (Å²) in [4.78, 5) is 0. The van der Waals surface area contributed by atoms with Gasteiger partial charge in [-0.3, -0.25) is 0 Å². The van der Waals surface area contributed by atoms with Gasteiger partial charge in [-0.2, -0.15) is 10.5 Å². The number of hydrogen-bond donors (Lipinski definition) is 0. The van der Waals surface area contributed by atoms with E-state index in [2.05, 4.69) is 62.4 Å².